The summed E-state index contributed by atoms with van der Waals surface area (Å²) in [6, 6.07) is 2.11. The molecule has 74 valence electrons. The molecule has 0 aliphatic carbocycles. The summed E-state index contributed by atoms with van der Waals surface area (Å²) in [6.45, 7) is 2.55. The van der Waals surface area contributed by atoms with Crippen molar-refractivity contribution in [2.75, 3.05) is 0 Å². The summed E-state index contributed by atoms with van der Waals surface area (Å²) in [4.78, 5) is 5.24. The molecule has 2 N–H and O–H groups in total. The fourth-order valence-corrected chi connectivity index (χ4v) is 2.42. The van der Waals surface area contributed by atoms with E-state index >= 15 is 0 Å². The fourth-order valence-electron chi connectivity index (χ4n) is 1.41. The lowest BCUT2D eigenvalue weighted by molar-refractivity contribution is 0.571. The largest absolute Gasteiger partial charge is 0.442 e. The summed E-state index contributed by atoms with van der Waals surface area (Å²) >= 11 is 1.67. The van der Waals surface area contributed by atoms with Crippen molar-refractivity contribution in [2.45, 2.75) is 19.9 Å². The van der Waals surface area contributed by atoms with E-state index in [1.165, 1.54) is 12.0 Å². The second-order valence-electron chi connectivity index (χ2n) is 2.96. The summed E-state index contributed by atoms with van der Waals surface area (Å²) in [5, 5.41) is 2.07. The van der Waals surface area contributed by atoms with Crippen molar-refractivity contribution in [3.8, 4) is 10.6 Å². The molecule has 2 rings (SSSR count). The molecule has 2 aromatic rings. The van der Waals surface area contributed by atoms with Gasteiger partial charge in [0.15, 0.2) is 12.2 Å². The number of thiophene rings is 1. The molecule has 0 unspecified atom stereocenters. The van der Waals surface area contributed by atoms with Gasteiger partial charge < -0.3 is 10.2 Å². The average molecular weight is 208 g/mol. The van der Waals surface area contributed by atoms with E-state index in [2.05, 4.69) is 23.4 Å². The molecule has 0 atom stereocenters. The minimum atomic E-state index is 0.423. The van der Waals surface area contributed by atoms with Crippen LogP contribution in [0.25, 0.3) is 10.6 Å². The molecule has 0 aliphatic heterocycles. The van der Waals surface area contributed by atoms with Crippen LogP contribution in [0.3, 0.4) is 0 Å². The minimum Gasteiger partial charge on any atom is -0.442 e. The van der Waals surface area contributed by atoms with Crippen LogP contribution in [0, 0.1) is 0 Å². The maximum Gasteiger partial charge on any atom is 0.181 e. The van der Waals surface area contributed by atoms with E-state index < -0.39 is 0 Å². The number of aryl methyl sites for hydroxylation is 1. The van der Waals surface area contributed by atoms with Crippen molar-refractivity contribution in [1.82, 2.24) is 4.98 Å². The zero-order valence-corrected chi connectivity index (χ0v) is 8.80. The highest BCUT2D eigenvalue weighted by Crippen LogP contribution is 2.31. The van der Waals surface area contributed by atoms with E-state index in [4.69, 9.17) is 10.2 Å². The Labute approximate surface area is 86.6 Å². The molecule has 0 spiro atoms. The van der Waals surface area contributed by atoms with Crippen LogP contribution < -0.4 is 5.73 Å². The first-order valence-electron chi connectivity index (χ1n) is 4.56. The molecule has 0 saturated heterocycles. The van der Waals surface area contributed by atoms with Gasteiger partial charge in [0, 0.05) is 6.54 Å². The molecule has 0 fully saturated rings. The number of hydrogen-bond acceptors (Lipinski definition) is 4. The first-order valence-corrected chi connectivity index (χ1v) is 5.44. The van der Waals surface area contributed by atoms with E-state index in [0.717, 1.165) is 22.8 Å². The number of nitrogens with zero attached hydrogens (tertiary/aromatic N) is 1. The van der Waals surface area contributed by atoms with Crippen molar-refractivity contribution in [3.05, 3.63) is 29.1 Å². The van der Waals surface area contributed by atoms with Crippen LogP contribution in [0.4, 0.5) is 0 Å². The topological polar surface area (TPSA) is 52.0 Å². The van der Waals surface area contributed by atoms with Gasteiger partial charge in [-0.25, -0.2) is 4.98 Å². The quantitative estimate of drug-likeness (QED) is 0.842. The summed E-state index contributed by atoms with van der Waals surface area (Å²) in [5.41, 5.74) is 7.70. The van der Waals surface area contributed by atoms with Crippen LogP contribution in [0.2, 0.25) is 0 Å². The van der Waals surface area contributed by atoms with E-state index in [1.807, 2.05) is 0 Å². The maximum absolute atomic E-state index is 5.57. The monoisotopic (exact) mass is 208 g/mol. The van der Waals surface area contributed by atoms with Gasteiger partial charge in [-0.15, -0.1) is 11.3 Å². The van der Waals surface area contributed by atoms with Gasteiger partial charge >= 0.3 is 0 Å². The first kappa shape index (κ1) is 9.43. The maximum atomic E-state index is 5.57. The molecule has 2 heterocycles. The predicted octanol–water partition coefficient (Wildman–Crippen LogP) is 2.42. The molecule has 0 radical (unpaired) electrons. The molecular formula is C10H12N2OS. The van der Waals surface area contributed by atoms with Gasteiger partial charge in [0.25, 0.3) is 0 Å². The van der Waals surface area contributed by atoms with Crippen molar-refractivity contribution >= 4 is 11.3 Å². The van der Waals surface area contributed by atoms with Gasteiger partial charge in [0.05, 0.1) is 4.88 Å². The van der Waals surface area contributed by atoms with E-state index in [9.17, 15) is 0 Å². The third kappa shape index (κ3) is 1.47. The standard InChI is InChI=1S/C10H12N2OS/c1-2-7-3-4-14-10(7)9-8(5-11)12-6-13-9/h3-4,6H,2,5,11H2,1H3. The number of oxazole rings is 1. The van der Waals surface area contributed by atoms with Gasteiger partial charge in [-0.2, -0.15) is 0 Å². The van der Waals surface area contributed by atoms with Gasteiger partial charge in [-0.1, -0.05) is 6.92 Å². The summed E-state index contributed by atoms with van der Waals surface area (Å²) in [6.07, 6.45) is 2.46. The van der Waals surface area contributed by atoms with Crippen LogP contribution in [0.1, 0.15) is 18.2 Å². The molecule has 14 heavy (non-hydrogen) atoms. The second-order valence-corrected chi connectivity index (χ2v) is 3.88. The lowest BCUT2D eigenvalue weighted by atomic mass is 10.1. The number of rotatable bonds is 3. The highest BCUT2D eigenvalue weighted by atomic mass is 32.1. The Kier molecular flexibility index (Phi) is 2.65. The Balaban J connectivity index is 2.48. The van der Waals surface area contributed by atoms with Crippen LogP contribution in [0.15, 0.2) is 22.3 Å². The molecular weight excluding hydrogens is 196 g/mol. The summed E-state index contributed by atoms with van der Waals surface area (Å²) < 4.78 is 5.36. The van der Waals surface area contributed by atoms with Crippen molar-refractivity contribution in [3.63, 3.8) is 0 Å². The Morgan fingerprint density at radius 1 is 1.57 bits per heavy atom. The Morgan fingerprint density at radius 3 is 3.14 bits per heavy atom. The minimum absolute atomic E-state index is 0.423. The van der Waals surface area contributed by atoms with E-state index in [-0.39, 0.29) is 0 Å². The molecule has 0 bridgehead atoms. The predicted molar refractivity (Wildman–Crippen MR) is 57.1 cm³/mol. The third-order valence-corrected chi connectivity index (χ3v) is 3.12. The molecule has 0 aliphatic rings. The van der Waals surface area contributed by atoms with Crippen LogP contribution in [-0.4, -0.2) is 4.98 Å². The third-order valence-electron chi connectivity index (χ3n) is 2.17. The van der Waals surface area contributed by atoms with Gasteiger partial charge in [0.1, 0.15) is 5.69 Å². The number of aromatic nitrogens is 1. The lowest BCUT2D eigenvalue weighted by Gasteiger charge is -1.98. The zero-order chi connectivity index (χ0) is 9.97. The lowest BCUT2D eigenvalue weighted by Crippen LogP contribution is -1.98. The molecule has 0 amide bonds. The molecule has 4 heteroatoms. The Bertz CT molecular complexity index is 379. The van der Waals surface area contributed by atoms with Crippen molar-refractivity contribution in [1.29, 1.82) is 0 Å². The highest BCUT2D eigenvalue weighted by Gasteiger charge is 2.13. The number of nitrogens with two attached hydrogens (primary N) is 1. The average Bonchev–Trinajstić information content (AvgIpc) is 2.85. The highest BCUT2D eigenvalue weighted by molar-refractivity contribution is 7.13. The molecule has 0 saturated carbocycles. The SMILES string of the molecule is CCc1ccsc1-c1ocnc1CN. The second kappa shape index (κ2) is 3.94. The fraction of sp³-hybridized carbons (Fsp3) is 0.300. The van der Waals surface area contributed by atoms with Gasteiger partial charge in [0.2, 0.25) is 0 Å². The van der Waals surface area contributed by atoms with Crippen LogP contribution in [-0.2, 0) is 13.0 Å². The van der Waals surface area contributed by atoms with Crippen molar-refractivity contribution in [2.24, 2.45) is 5.73 Å². The molecule has 0 aromatic carbocycles. The number of hydrogen-bond donors (Lipinski definition) is 1. The smallest absolute Gasteiger partial charge is 0.181 e. The van der Waals surface area contributed by atoms with Crippen LogP contribution >= 0.6 is 11.3 Å². The van der Waals surface area contributed by atoms with Gasteiger partial charge in [-0.05, 0) is 23.4 Å². The molecule has 2 aromatic heterocycles. The van der Waals surface area contributed by atoms with E-state index in [0.29, 0.717) is 6.54 Å². The summed E-state index contributed by atoms with van der Waals surface area (Å²) in [7, 11) is 0. The normalized spacial score (nSPS) is 10.7. The summed E-state index contributed by atoms with van der Waals surface area (Å²) in [5.74, 6) is 0.833. The Hall–Kier alpha value is -1.13. The van der Waals surface area contributed by atoms with Crippen molar-refractivity contribution < 1.29 is 4.42 Å². The Morgan fingerprint density at radius 2 is 2.43 bits per heavy atom. The first-order chi connectivity index (χ1) is 6.86. The molecule has 3 nitrogen and oxygen atoms in total. The van der Waals surface area contributed by atoms with Crippen LogP contribution in [0.5, 0.6) is 0 Å². The zero-order valence-electron chi connectivity index (χ0n) is 7.99. The van der Waals surface area contributed by atoms with Gasteiger partial charge in [-0.3, -0.25) is 0 Å². The van der Waals surface area contributed by atoms with E-state index in [1.54, 1.807) is 11.3 Å².